The first-order valence-corrected chi connectivity index (χ1v) is 7.27. The highest BCUT2D eigenvalue weighted by atomic mass is 32.2. The maximum absolute atomic E-state index is 11.9. The average molecular weight is 270 g/mol. The van der Waals surface area contributed by atoms with E-state index in [2.05, 4.69) is 10.3 Å². The molecule has 0 aromatic carbocycles. The molecule has 17 heavy (non-hydrogen) atoms. The number of hydrogen-bond acceptors (Lipinski definition) is 5. The standard InChI is InChI=1S/C11H14N2O2S2/c1-8-10(17-7-5-15-8)11(14)13-3-2-9-12-4-6-16-9/h4,6H,2-3,5,7H2,1H3,(H,13,14). The van der Waals surface area contributed by atoms with Crippen molar-refractivity contribution in [1.29, 1.82) is 0 Å². The lowest BCUT2D eigenvalue weighted by Crippen LogP contribution is -2.28. The predicted molar refractivity (Wildman–Crippen MR) is 69.9 cm³/mol. The minimum atomic E-state index is -0.0382. The van der Waals surface area contributed by atoms with Crippen molar-refractivity contribution in [3.05, 3.63) is 27.2 Å². The fourth-order valence-electron chi connectivity index (χ4n) is 1.47. The second kappa shape index (κ2) is 6.07. The Hall–Kier alpha value is -1.01. The first kappa shape index (κ1) is 12.4. The second-order valence-electron chi connectivity index (χ2n) is 3.51. The van der Waals surface area contributed by atoms with Crippen LogP contribution < -0.4 is 5.32 Å². The predicted octanol–water partition coefficient (Wildman–Crippen LogP) is 1.80. The minimum absolute atomic E-state index is 0.0382. The molecular weight excluding hydrogens is 256 g/mol. The van der Waals surface area contributed by atoms with Crippen LogP contribution in [0.25, 0.3) is 0 Å². The number of nitrogens with zero attached hydrogens (tertiary/aromatic N) is 1. The number of nitrogens with one attached hydrogen (secondary N) is 1. The number of thiazole rings is 1. The van der Waals surface area contributed by atoms with Crippen LogP contribution in [0, 0.1) is 0 Å². The summed E-state index contributed by atoms with van der Waals surface area (Å²) in [5.74, 6) is 1.53. The molecule has 2 heterocycles. The van der Waals surface area contributed by atoms with Gasteiger partial charge in [0, 0.05) is 30.3 Å². The molecule has 92 valence electrons. The number of hydrogen-bond donors (Lipinski definition) is 1. The van der Waals surface area contributed by atoms with Gasteiger partial charge in [-0.25, -0.2) is 4.98 Å². The summed E-state index contributed by atoms with van der Waals surface area (Å²) in [6.45, 7) is 3.14. The fraction of sp³-hybridized carbons (Fsp3) is 0.455. The zero-order valence-electron chi connectivity index (χ0n) is 9.56. The Labute approximate surface area is 108 Å². The van der Waals surface area contributed by atoms with Gasteiger partial charge in [-0.15, -0.1) is 23.1 Å². The molecule has 0 bridgehead atoms. The molecule has 0 radical (unpaired) electrons. The van der Waals surface area contributed by atoms with Crippen LogP contribution in [0.1, 0.15) is 11.9 Å². The number of allylic oxidation sites excluding steroid dienone is 1. The molecule has 0 spiro atoms. The van der Waals surface area contributed by atoms with E-state index in [-0.39, 0.29) is 5.91 Å². The summed E-state index contributed by atoms with van der Waals surface area (Å²) < 4.78 is 5.35. The van der Waals surface area contributed by atoms with Gasteiger partial charge in [-0.05, 0) is 6.92 Å². The van der Waals surface area contributed by atoms with Crippen molar-refractivity contribution in [1.82, 2.24) is 10.3 Å². The Bertz CT molecular complexity index is 415. The summed E-state index contributed by atoms with van der Waals surface area (Å²) >= 11 is 3.16. The zero-order chi connectivity index (χ0) is 12.1. The molecule has 0 atom stereocenters. The van der Waals surface area contributed by atoms with E-state index in [1.54, 1.807) is 29.3 Å². The molecular formula is C11H14N2O2S2. The maximum Gasteiger partial charge on any atom is 0.261 e. The smallest absolute Gasteiger partial charge is 0.261 e. The van der Waals surface area contributed by atoms with Crippen LogP contribution in [0.15, 0.2) is 22.2 Å². The van der Waals surface area contributed by atoms with Crippen molar-refractivity contribution in [2.24, 2.45) is 0 Å². The van der Waals surface area contributed by atoms with Crippen molar-refractivity contribution >= 4 is 29.0 Å². The number of ether oxygens (including phenoxy) is 1. The Kier molecular flexibility index (Phi) is 4.44. The molecule has 0 aliphatic carbocycles. The Morgan fingerprint density at radius 1 is 1.65 bits per heavy atom. The Balaban J connectivity index is 1.81. The van der Waals surface area contributed by atoms with Gasteiger partial charge < -0.3 is 10.1 Å². The highest BCUT2D eigenvalue weighted by molar-refractivity contribution is 8.04. The summed E-state index contributed by atoms with van der Waals surface area (Å²) in [6.07, 6.45) is 2.56. The molecule has 0 unspecified atom stereocenters. The summed E-state index contributed by atoms with van der Waals surface area (Å²) in [5, 5.41) is 5.87. The van der Waals surface area contributed by atoms with Crippen molar-refractivity contribution in [3.63, 3.8) is 0 Å². The van der Waals surface area contributed by atoms with Gasteiger partial charge in [-0.3, -0.25) is 4.79 Å². The highest BCUT2D eigenvalue weighted by Gasteiger charge is 2.18. The molecule has 0 saturated heterocycles. The van der Waals surface area contributed by atoms with Gasteiger partial charge in [0.1, 0.15) is 10.7 Å². The lowest BCUT2D eigenvalue weighted by molar-refractivity contribution is -0.117. The molecule has 1 aliphatic rings. The number of rotatable bonds is 4. The van der Waals surface area contributed by atoms with Crippen molar-refractivity contribution in [3.8, 4) is 0 Å². The van der Waals surface area contributed by atoms with Crippen LogP contribution in [0.4, 0.5) is 0 Å². The quantitative estimate of drug-likeness (QED) is 0.906. The molecule has 0 fully saturated rings. The lowest BCUT2D eigenvalue weighted by Gasteiger charge is -2.17. The number of carbonyl (C=O) groups excluding carboxylic acids is 1. The summed E-state index contributed by atoms with van der Waals surface area (Å²) in [5.41, 5.74) is 0. The largest absolute Gasteiger partial charge is 0.496 e. The van der Waals surface area contributed by atoms with Gasteiger partial charge in [0.05, 0.1) is 11.6 Å². The number of carbonyl (C=O) groups is 1. The third kappa shape index (κ3) is 3.47. The van der Waals surface area contributed by atoms with E-state index < -0.39 is 0 Å². The summed E-state index contributed by atoms with van der Waals surface area (Å²) in [6, 6.07) is 0. The van der Waals surface area contributed by atoms with Gasteiger partial charge in [0.15, 0.2) is 0 Å². The number of thioether (sulfide) groups is 1. The van der Waals surface area contributed by atoms with Crippen molar-refractivity contribution in [2.45, 2.75) is 13.3 Å². The minimum Gasteiger partial charge on any atom is -0.496 e. The van der Waals surface area contributed by atoms with Crippen LogP contribution in [-0.4, -0.2) is 29.8 Å². The highest BCUT2D eigenvalue weighted by Crippen LogP contribution is 2.25. The van der Waals surface area contributed by atoms with E-state index >= 15 is 0 Å². The second-order valence-corrected chi connectivity index (χ2v) is 5.60. The van der Waals surface area contributed by atoms with E-state index in [1.165, 1.54) is 0 Å². The zero-order valence-corrected chi connectivity index (χ0v) is 11.2. The van der Waals surface area contributed by atoms with Crippen LogP contribution in [0.2, 0.25) is 0 Å². The molecule has 4 nitrogen and oxygen atoms in total. The molecule has 1 aromatic heterocycles. The summed E-state index contributed by atoms with van der Waals surface area (Å²) in [7, 11) is 0. The first-order valence-electron chi connectivity index (χ1n) is 5.40. The van der Waals surface area contributed by atoms with Crippen LogP contribution >= 0.6 is 23.1 Å². The SMILES string of the molecule is CC1=C(C(=O)NCCc2nccs2)SCCO1. The molecule has 1 N–H and O–H groups in total. The van der Waals surface area contributed by atoms with E-state index in [1.807, 2.05) is 12.3 Å². The third-order valence-electron chi connectivity index (χ3n) is 2.28. The molecule has 0 saturated carbocycles. The van der Waals surface area contributed by atoms with Gasteiger partial charge >= 0.3 is 0 Å². The molecule has 1 amide bonds. The van der Waals surface area contributed by atoms with Gasteiger partial charge in [0.25, 0.3) is 5.91 Å². The monoisotopic (exact) mass is 270 g/mol. The first-order chi connectivity index (χ1) is 8.27. The Morgan fingerprint density at radius 3 is 3.24 bits per heavy atom. The van der Waals surface area contributed by atoms with Gasteiger partial charge in [-0.1, -0.05) is 0 Å². The van der Waals surface area contributed by atoms with Gasteiger partial charge in [0.2, 0.25) is 0 Å². The van der Waals surface area contributed by atoms with Crippen LogP contribution in [-0.2, 0) is 16.0 Å². The fourth-order valence-corrected chi connectivity index (χ4v) is 2.93. The number of aromatic nitrogens is 1. The normalized spacial score (nSPS) is 15.6. The van der Waals surface area contributed by atoms with Crippen LogP contribution in [0.3, 0.4) is 0 Å². The average Bonchev–Trinajstić information content (AvgIpc) is 2.82. The van der Waals surface area contributed by atoms with Crippen LogP contribution in [0.5, 0.6) is 0 Å². The van der Waals surface area contributed by atoms with E-state index in [9.17, 15) is 4.79 Å². The molecule has 1 aliphatic heterocycles. The van der Waals surface area contributed by atoms with Crippen molar-refractivity contribution in [2.75, 3.05) is 18.9 Å². The molecule has 6 heteroatoms. The van der Waals surface area contributed by atoms with Crippen molar-refractivity contribution < 1.29 is 9.53 Å². The molecule has 1 aromatic rings. The summed E-state index contributed by atoms with van der Waals surface area (Å²) in [4.78, 5) is 16.7. The lowest BCUT2D eigenvalue weighted by atomic mass is 10.4. The van der Waals surface area contributed by atoms with E-state index in [0.29, 0.717) is 18.1 Å². The molecule has 2 rings (SSSR count). The Morgan fingerprint density at radius 2 is 2.53 bits per heavy atom. The van der Waals surface area contributed by atoms with E-state index in [0.717, 1.165) is 22.9 Å². The topological polar surface area (TPSA) is 51.2 Å². The maximum atomic E-state index is 11.9. The number of amides is 1. The van der Waals surface area contributed by atoms with Gasteiger partial charge in [-0.2, -0.15) is 0 Å². The third-order valence-corrected chi connectivity index (χ3v) is 4.25. The van der Waals surface area contributed by atoms with E-state index in [4.69, 9.17) is 4.74 Å².